The van der Waals surface area contributed by atoms with Crippen molar-refractivity contribution in [3.05, 3.63) is 47.8 Å². The number of rotatable bonds is 3. The number of nitrogens with one attached hydrogen (secondary N) is 1. The van der Waals surface area contributed by atoms with E-state index in [2.05, 4.69) is 4.72 Å². The van der Waals surface area contributed by atoms with Crippen molar-refractivity contribution < 1.29 is 17.6 Å². The molecule has 0 aromatic heterocycles. The summed E-state index contributed by atoms with van der Waals surface area (Å²) in [5, 5.41) is 0. The van der Waals surface area contributed by atoms with Crippen LogP contribution in [0.25, 0.3) is 0 Å². The molecular formula is C17H17FN2O3S2. The van der Waals surface area contributed by atoms with Gasteiger partial charge in [0.15, 0.2) is 0 Å². The highest BCUT2D eigenvalue weighted by molar-refractivity contribution is 7.99. The molecule has 0 atom stereocenters. The summed E-state index contributed by atoms with van der Waals surface area (Å²) in [4.78, 5) is 14.3. The number of hydrogen-bond acceptors (Lipinski definition) is 4. The minimum Gasteiger partial charge on any atom is -0.311 e. The van der Waals surface area contributed by atoms with Crippen LogP contribution in [0.5, 0.6) is 0 Å². The lowest BCUT2D eigenvalue weighted by Gasteiger charge is -2.28. The molecule has 1 amide bonds. The first-order valence-corrected chi connectivity index (χ1v) is 10.1. The molecule has 8 heteroatoms. The fourth-order valence-corrected chi connectivity index (χ4v) is 4.76. The van der Waals surface area contributed by atoms with Gasteiger partial charge in [-0.05, 0) is 48.9 Å². The second-order valence-electron chi connectivity index (χ2n) is 5.71. The number of fused-ring (bicyclic) bond motifs is 1. The summed E-state index contributed by atoms with van der Waals surface area (Å²) in [5.74, 6) is 0.216. The van der Waals surface area contributed by atoms with Gasteiger partial charge < -0.3 is 4.90 Å². The monoisotopic (exact) mass is 380 g/mol. The van der Waals surface area contributed by atoms with Crippen LogP contribution >= 0.6 is 11.8 Å². The van der Waals surface area contributed by atoms with Gasteiger partial charge in [-0.1, -0.05) is 0 Å². The summed E-state index contributed by atoms with van der Waals surface area (Å²) < 4.78 is 41.0. The van der Waals surface area contributed by atoms with E-state index in [1.54, 1.807) is 29.7 Å². The maximum absolute atomic E-state index is 13.2. The number of benzene rings is 2. The Hall–Kier alpha value is -2.06. The van der Waals surface area contributed by atoms with E-state index >= 15 is 0 Å². The van der Waals surface area contributed by atoms with Gasteiger partial charge in [-0.25, -0.2) is 12.8 Å². The first-order valence-electron chi connectivity index (χ1n) is 7.62. The molecule has 25 heavy (non-hydrogen) atoms. The summed E-state index contributed by atoms with van der Waals surface area (Å²) in [6.45, 7) is 3.63. The fourth-order valence-electron chi connectivity index (χ4n) is 2.64. The van der Waals surface area contributed by atoms with Gasteiger partial charge >= 0.3 is 0 Å². The van der Waals surface area contributed by atoms with Crippen molar-refractivity contribution in [2.45, 2.75) is 23.6 Å². The van der Waals surface area contributed by atoms with E-state index in [9.17, 15) is 17.6 Å². The van der Waals surface area contributed by atoms with E-state index in [1.807, 2.05) is 0 Å². The van der Waals surface area contributed by atoms with Crippen LogP contribution in [0, 0.1) is 12.7 Å². The van der Waals surface area contributed by atoms with Crippen molar-refractivity contribution in [3.63, 3.8) is 0 Å². The Morgan fingerprint density at radius 1 is 1.24 bits per heavy atom. The molecule has 0 saturated carbocycles. The van der Waals surface area contributed by atoms with Crippen molar-refractivity contribution >= 4 is 39.1 Å². The number of halogens is 1. The van der Waals surface area contributed by atoms with Gasteiger partial charge in [0.1, 0.15) is 5.82 Å². The van der Waals surface area contributed by atoms with E-state index in [-0.39, 0.29) is 10.8 Å². The summed E-state index contributed by atoms with van der Waals surface area (Å²) in [5.41, 5.74) is 1.40. The van der Waals surface area contributed by atoms with Crippen LogP contribution in [-0.2, 0) is 14.8 Å². The summed E-state index contributed by atoms with van der Waals surface area (Å²) in [7, 11) is -3.85. The Balaban J connectivity index is 1.98. The number of sulfonamides is 1. The minimum atomic E-state index is -3.85. The molecule has 132 valence electrons. The minimum absolute atomic E-state index is 0.0590. The van der Waals surface area contributed by atoms with Crippen molar-refractivity contribution in [2.24, 2.45) is 0 Å². The lowest BCUT2D eigenvalue weighted by atomic mass is 10.2. The molecule has 0 unspecified atom stereocenters. The van der Waals surface area contributed by atoms with Crippen LogP contribution in [0.15, 0.2) is 46.2 Å². The molecule has 1 heterocycles. The quantitative estimate of drug-likeness (QED) is 0.886. The standard InChI is InChI=1S/C17H17FN2O3S2/c1-11-9-13(18)3-5-15(11)19-25(22,23)14-4-6-17-16(10-14)20(12(2)21)7-8-24-17/h3-6,9-10,19H,7-8H2,1-2H3. The number of hydrogen-bond donors (Lipinski definition) is 1. The summed E-state index contributed by atoms with van der Waals surface area (Å²) in [6, 6.07) is 8.57. The van der Waals surface area contributed by atoms with E-state index < -0.39 is 15.8 Å². The number of carbonyl (C=O) groups is 1. The first-order chi connectivity index (χ1) is 11.8. The van der Waals surface area contributed by atoms with Gasteiger partial charge in [0.2, 0.25) is 5.91 Å². The smallest absolute Gasteiger partial charge is 0.261 e. The Morgan fingerprint density at radius 3 is 2.68 bits per heavy atom. The van der Waals surface area contributed by atoms with Crippen molar-refractivity contribution in [1.82, 2.24) is 0 Å². The third-order valence-electron chi connectivity index (χ3n) is 3.92. The zero-order valence-corrected chi connectivity index (χ0v) is 15.4. The molecule has 5 nitrogen and oxygen atoms in total. The predicted molar refractivity (Wildman–Crippen MR) is 97.1 cm³/mol. The SMILES string of the molecule is CC(=O)N1CCSc2ccc(S(=O)(=O)Nc3ccc(F)cc3C)cc21. The van der Waals surface area contributed by atoms with Crippen LogP contribution in [0.1, 0.15) is 12.5 Å². The van der Waals surface area contributed by atoms with E-state index in [4.69, 9.17) is 0 Å². The second kappa shape index (κ2) is 6.68. The number of anilines is 2. The molecule has 0 aliphatic carbocycles. The fraction of sp³-hybridized carbons (Fsp3) is 0.235. The highest BCUT2D eigenvalue weighted by Crippen LogP contribution is 2.36. The van der Waals surface area contributed by atoms with Crippen LogP contribution in [0.3, 0.4) is 0 Å². The Kier molecular flexibility index (Phi) is 4.75. The molecule has 0 spiro atoms. The number of amides is 1. The lowest BCUT2D eigenvalue weighted by Crippen LogP contribution is -2.33. The van der Waals surface area contributed by atoms with Gasteiger partial charge in [-0.2, -0.15) is 0 Å². The molecule has 0 radical (unpaired) electrons. The number of thioether (sulfide) groups is 1. The van der Waals surface area contributed by atoms with Crippen LogP contribution < -0.4 is 9.62 Å². The largest absolute Gasteiger partial charge is 0.311 e. The zero-order chi connectivity index (χ0) is 18.2. The molecule has 2 aromatic rings. The Morgan fingerprint density at radius 2 is 2.00 bits per heavy atom. The number of nitrogens with zero attached hydrogens (tertiary/aromatic N) is 1. The summed E-state index contributed by atoms with van der Waals surface area (Å²) in [6.07, 6.45) is 0. The molecule has 0 fully saturated rings. The van der Waals surface area contributed by atoms with Crippen molar-refractivity contribution in [2.75, 3.05) is 21.9 Å². The van der Waals surface area contributed by atoms with Crippen molar-refractivity contribution in [1.29, 1.82) is 0 Å². The highest BCUT2D eigenvalue weighted by Gasteiger charge is 2.24. The molecule has 0 bridgehead atoms. The molecule has 2 aromatic carbocycles. The van der Waals surface area contributed by atoms with Gasteiger partial charge in [0, 0.05) is 24.1 Å². The number of aryl methyl sites for hydroxylation is 1. The van der Waals surface area contributed by atoms with Gasteiger partial charge in [-0.15, -0.1) is 11.8 Å². The third-order valence-corrected chi connectivity index (χ3v) is 6.32. The maximum atomic E-state index is 13.2. The average molecular weight is 380 g/mol. The van der Waals surface area contributed by atoms with Gasteiger partial charge in [-0.3, -0.25) is 9.52 Å². The first kappa shape index (κ1) is 17.8. The molecule has 0 saturated heterocycles. The van der Waals surface area contributed by atoms with Crippen LogP contribution in [0.4, 0.5) is 15.8 Å². The Bertz CT molecular complexity index is 945. The summed E-state index contributed by atoms with van der Waals surface area (Å²) >= 11 is 1.59. The normalized spacial score (nSPS) is 14.1. The average Bonchev–Trinajstić information content (AvgIpc) is 2.56. The Labute approximate surface area is 150 Å². The zero-order valence-electron chi connectivity index (χ0n) is 13.7. The van der Waals surface area contributed by atoms with E-state index in [0.29, 0.717) is 23.5 Å². The lowest BCUT2D eigenvalue weighted by molar-refractivity contribution is -0.116. The topological polar surface area (TPSA) is 66.5 Å². The van der Waals surface area contributed by atoms with Gasteiger partial charge in [0.25, 0.3) is 10.0 Å². The van der Waals surface area contributed by atoms with E-state index in [0.717, 1.165) is 10.6 Å². The molecular weight excluding hydrogens is 363 g/mol. The number of carbonyl (C=O) groups excluding carboxylic acids is 1. The maximum Gasteiger partial charge on any atom is 0.261 e. The highest BCUT2D eigenvalue weighted by atomic mass is 32.2. The van der Waals surface area contributed by atoms with Crippen LogP contribution in [-0.4, -0.2) is 26.6 Å². The van der Waals surface area contributed by atoms with Crippen LogP contribution in [0.2, 0.25) is 0 Å². The molecule has 1 aliphatic heterocycles. The molecule has 1 N–H and O–H groups in total. The van der Waals surface area contributed by atoms with E-state index in [1.165, 1.54) is 37.3 Å². The van der Waals surface area contributed by atoms with Gasteiger partial charge in [0.05, 0.1) is 16.3 Å². The third kappa shape index (κ3) is 3.64. The molecule has 1 aliphatic rings. The molecule has 3 rings (SSSR count). The van der Waals surface area contributed by atoms with Crippen molar-refractivity contribution in [3.8, 4) is 0 Å². The second-order valence-corrected chi connectivity index (χ2v) is 8.53. The predicted octanol–water partition coefficient (Wildman–Crippen LogP) is 3.39.